The molecule has 0 saturated carbocycles. The third-order valence-corrected chi connectivity index (χ3v) is 4.41. The number of sulfonamides is 1. The van der Waals surface area contributed by atoms with Crippen LogP contribution in [0.5, 0.6) is 0 Å². The normalized spacial score (nSPS) is 11.5. The summed E-state index contributed by atoms with van der Waals surface area (Å²) in [5.74, 6) is 0. The number of rotatable bonds is 3. The number of aromatic nitrogens is 2. The molecule has 0 saturated heterocycles. The first-order chi connectivity index (χ1) is 8.81. The van der Waals surface area contributed by atoms with Crippen LogP contribution in [0.2, 0.25) is 0 Å². The van der Waals surface area contributed by atoms with E-state index in [1.54, 1.807) is 26.0 Å². The van der Waals surface area contributed by atoms with Crippen molar-refractivity contribution in [2.45, 2.75) is 25.7 Å². The van der Waals surface area contributed by atoms with Crippen molar-refractivity contribution in [3.63, 3.8) is 0 Å². The van der Waals surface area contributed by atoms with Crippen molar-refractivity contribution < 1.29 is 8.42 Å². The van der Waals surface area contributed by atoms with Gasteiger partial charge in [0.2, 0.25) is 0 Å². The van der Waals surface area contributed by atoms with Gasteiger partial charge in [0.15, 0.2) is 0 Å². The average molecular weight is 280 g/mol. The minimum Gasteiger partial charge on any atom is -0.399 e. The number of anilines is 2. The quantitative estimate of drug-likeness (QED) is 0.745. The van der Waals surface area contributed by atoms with Gasteiger partial charge < -0.3 is 5.73 Å². The first-order valence-corrected chi connectivity index (χ1v) is 7.19. The highest BCUT2D eigenvalue weighted by Gasteiger charge is 2.19. The molecule has 4 N–H and O–H groups in total. The fourth-order valence-electron chi connectivity index (χ4n) is 1.76. The molecule has 1 aromatic heterocycles. The van der Waals surface area contributed by atoms with Crippen LogP contribution < -0.4 is 10.5 Å². The zero-order valence-corrected chi connectivity index (χ0v) is 11.8. The summed E-state index contributed by atoms with van der Waals surface area (Å²) in [6, 6.07) is 3.47. The third-order valence-electron chi connectivity index (χ3n) is 2.93. The van der Waals surface area contributed by atoms with Crippen LogP contribution in [0.15, 0.2) is 23.2 Å². The monoisotopic (exact) mass is 280 g/mol. The molecule has 0 unspecified atom stereocenters. The Morgan fingerprint density at radius 1 is 1.21 bits per heavy atom. The van der Waals surface area contributed by atoms with E-state index < -0.39 is 10.0 Å². The fourth-order valence-corrected chi connectivity index (χ4v) is 3.02. The van der Waals surface area contributed by atoms with Crippen LogP contribution in [0.25, 0.3) is 0 Å². The second kappa shape index (κ2) is 4.58. The SMILES string of the molecule is Cc1cc(NS(=O)(=O)c2cn[nH]c2C)c(C)cc1N. The second-order valence-electron chi connectivity index (χ2n) is 4.49. The number of nitrogens with one attached hydrogen (secondary N) is 2. The van der Waals surface area contributed by atoms with E-state index in [1.165, 1.54) is 6.20 Å². The van der Waals surface area contributed by atoms with Gasteiger partial charge in [-0.25, -0.2) is 8.42 Å². The van der Waals surface area contributed by atoms with Gasteiger partial charge in [0.1, 0.15) is 4.90 Å². The second-order valence-corrected chi connectivity index (χ2v) is 6.14. The topological polar surface area (TPSA) is 101 Å². The number of aromatic amines is 1. The average Bonchev–Trinajstić information content (AvgIpc) is 2.73. The van der Waals surface area contributed by atoms with Crippen LogP contribution in [0.1, 0.15) is 16.8 Å². The van der Waals surface area contributed by atoms with Crippen molar-refractivity contribution >= 4 is 21.4 Å². The van der Waals surface area contributed by atoms with E-state index in [0.29, 0.717) is 17.1 Å². The van der Waals surface area contributed by atoms with Gasteiger partial charge in [-0.05, 0) is 44.0 Å². The molecule has 0 amide bonds. The largest absolute Gasteiger partial charge is 0.399 e. The minimum atomic E-state index is -3.64. The maximum absolute atomic E-state index is 12.2. The lowest BCUT2D eigenvalue weighted by atomic mass is 10.1. The standard InChI is InChI=1S/C12H16N4O2S/c1-7-5-11(8(2)4-10(7)13)16-19(17,18)12-6-14-15-9(12)3/h4-6,16H,13H2,1-3H3,(H,14,15). The van der Waals surface area contributed by atoms with Crippen LogP contribution >= 0.6 is 0 Å². The molecule has 102 valence electrons. The summed E-state index contributed by atoms with van der Waals surface area (Å²) in [4.78, 5) is 0.140. The molecule has 0 bridgehead atoms. The van der Waals surface area contributed by atoms with Gasteiger partial charge in [-0.15, -0.1) is 0 Å². The molecule has 0 aliphatic rings. The van der Waals surface area contributed by atoms with E-state index in [1.807, 2.05) is 6.92 Å². The molecule has 0 radical (unpaired) electrons. The van der Waals surface area contributed by atoms with Crippen molar-refractivity contribution in [2.24, 2.45) is 0 Å². The lowest BCUT2D eigenvalue weighted by Crippen LogP contribution is -2.14. The molecule has 7 heteroatoms. The summed E-state index contributed by atoms with van der Waals surface area (Å²) in [5, 5.41) is 6.33. The zero-order valence-electron chi connectivity index (χ0n) is 11.0. The van der Waals surface area contributed by atoms with Crippen molar-refractivity contribution in [1.82, 2.24) is 10.2 Å². The van der Waals surface area contributed by atoms with E-state index in [2.05, 4.69) is 14.9 Å². The van der Waals surface area contributed by atoms with E-state index in [0.717, 1.165) is 11.1 Å². The zero-order chi connectivity index (χ0) is 14.2. The van der Waals surface area contributed by atoms with Crippen molar-refractivity contribution in [3.8, 4) is 0 Å². The van der Waals surface area contributed by atoms with Gasteiger partial charge in [-0.3, -0.25) is 9.82 Å². The Hall–Kier alpha value is -2.02. The molecular formula is C12H16N4O2S. The molecule has 0 aliphatic carbocycles. The van der Waals surface area contributed by atoms with Gasteiger partial charge in [0, 0.05) is 5.69 Å². The molecule has 19 heavy (non-hydrogen) atoms. The fraction of sp³-hybridized carbons (Fsp3) is 0.250. The number of hydrogen-bond donors (Lipinski definition) is 3. The number of nitrogens with zero attached hydrogens (tertiary/aromatic N) is 1. The van der Waals surface area contributed by atoms with Gasteiger partial charge in [-0.2, -0.15) is 5.10 Å². The molecule has 1 aromatic carbocycles. The lowest BCUT2D eigenvalue weighted by molar-refractivity contribution is 0.600. The molecule has 0 atom stereocenters. The highest BCUT2D eigenvalue weighted by Crippen LogP contribution is 2.25. The predicted molar refractivity (Wildman–Crippen MR) is 74.5 cm³/mol. The Morgan fingerprint density at radius 3 is 2.47 bits per heavy atom. The first kappa shape index (κ1) is 13.4. The summed E-state index contributed by atoms with van der Waals surface area (Å²) >= 11 is 0. The molecular weight excluding hydrogens is 264 g/mol. The maximum Gasteiger partial charge on any atom is 0.265 e. The van der Waals surface area contributed by atoms with Gasteiger partial charge in [-0.1, -0.05) is 0 Å². The number of benzene rings is 1. The number of nitrogens with two attached hydrogens (primary N) is 1. The molecule has 0 fully saturated rings. The highest BCUT2D eigenvalue weighted by molar-refractivity contribution is 7.92. The Kier molecular flexibility index (Phi) is 3.23. The van der Waals surface area contributed by atoms with Crippen molar-refractivity contribution in [1.29, 1.82) is 0 Å². The number of aryl methyl sites for hydroxylation is 3. The smallest absolute Gasteiger partial charge is 0.265 e. The Balaban J connectivity index is 2.42. The van der Waals surface area contributed by atoms with Crippen molar-refractivity contribution in [3.05, 3.63) is 35.2 Å². The summed E-state index contributed by atoms with van der Waals surface area (Å²) in [6.45, 7) is 5.29. The highest BCUT2D eigenvalue weighted by atomic mass is 32.2. The first-order valence-electron chi connectivity index (χ1n) is 5.71. The van der Waals surface area contributed by atoms with Gasteiger partial charge in [0.05, 0.1) is 17.6 Å². The Bertz CT molecular complexity index is 719. The van der Waals surface area contributed by atoms with Gasteiger partial charge >= 0.3 is 0 Å². The number of hydrogen-bond acceptors (Lipinski definition) is 4. The van der Waals surface area contributed by atoms with Gasteiger partial charge in [0.25, 0.3) is 10.0 Å². The summed E-state index contributed by atoms with van der Waals surface area (Å²) in [5.41, 5.74) is 9.03. The van der Waals surface area contributed by atoms with Crippen molar-refractivity contribution in [2.75, 3.05) is 10.5 Å². The predicted octanol–water partition coefficient (Wildman–Crippen LogP) is 1.72. The van der Waals surface area contributed by atoms with E-state index in [9.17, 15) is 8.42 Å². The summed E-state index contributed by atoms with van der Waals surface area (Å²) in [7, 11) is -3.64. The third kappa shape index (κ3) is 2.55. The van der Waals surface area contributed by atoms with Crippen LogP contribution in [0.3, 0.4) is 0 Å². The molecule has 6 nitrogen and oxygen atoms in total. The van der Waals surface area contributed by atoms with Crippen LogP contribution in [-0.2, 0) is 10.0 Å². The lowest BCUT2D eigenvalue weighted by Gasteiger charge is -2.12. The molecule has 2 aromatic rings. The van der Waals surface area contributed by atoms with E-state index >= 15 is 0 Å². The van der Waals surface area contributed by atoms with E-state index in [-0.39, 0.29) is 4.90 Å². The number of nitrogen functional groups attached to an aromatic ring is 1. The minimum absolute atomic E-state index is 0.140. The van der Waals surface area contributed by atoms with Crippen LogP contribution in [0, 0.1) is 20.8 Å². The molecule has 0 spiro atoms. The molecule has 2 rings (SSSR count). The maximum atomic E-state index is 12.2. The summed E-state index contributed by atoms with van der Waals surface area (Å²) < 4.78 is 27.0. The van der Waals surface area contributed by atoms with E-state index in [4.69, 9.17) is 5.73 Å². The number of H-pyrrole nitrogens is 1. The Morgan fingerprint density at radius 2 is 1.89 bits per heavy atom. The molecule has 0 aliphatic heterocycles. The Labute approximate surface area is 112 Å². The summed E-state index contributed by atoms with van der Waals surface area (Å²) in [6.07, 6.45) is 1.29. The van der Waals surface area contributed by atoms with Crippen LogP contribution in [-0.4, -0.2) is 18.6 Å². The van der Waals surface area contributed by atoms with Crippen LogP contribution in [0.4, 0.5) is 11.4 Å². The molecule has 1 heterocycles.